The lowest BCUT2D eigenvalue weighted by molar-refractivity contribution is -0.192. The van der Waals surface area contributed by atoms with Crippen LogP contribution in [0.3, 0.4) is 0 Å². The molecule has 2 aliphatic heterocycles. The Balaban J connectivity index is 0.000000509. The Morgan fingerprint density at radius 1 is 1.26 bits per heavy atom. The minimum atomic E-state index is -5.08. The Labute approximate surface area is 192 Å². The third-order valence-corrected chi connectivity index (χ3v) is 5.86. The van der Waals surface area contributed by atoms with Crippen molar-refractivity contribution in [1.82, 2.24) is 19.6 Å². The molecule has 2 fully saturated rings. The second kappa shape index (κ2) is 10.7. The highest BCUT2D eigenvalue weighted by atomic mass is 19.4. The van der Waals surface area contributed by atoms with Crippen molar-refractivity contribution < 1.29 is 46.2 Å². The molecule has 34 heavy (non-hydrogen) atoms. The van der Waals surface area contributed by atoms with Gasteiger partial charge in [0.05, 0.1) is 17.6 Å². The fraction of sp³-hybridized carbons (Fsp3) is 0.700. The van der Waals surface area contributed by atoms with Crippen molar-refractivity contribution in [3.63, 3.8) is 0 Å². The molecule has 1 N–H and O–H groups in total. The van der Waals surface area contributed by atoms with E-state index in [1.54, 1.807) is 11.8 Å². The van der Waals surface area contributed by atoms with Crippen molar-refractivity contribution in [1.29, 1.82) is 0 Å². The summed E-state index contributed by atoms with van der Waals surface area (Å²) in [5.41, 5.74) is -1.20. The molecule has 2 atom stereocenters. The van der Waals surface area contributed by atoms with Crippen molar-refractivity contribution in [3.8, 4) is 0 Å². The zero-order chi connectivity index (χ0) is 25.8. The molecular formula is C20H27F5N4O5. The lowest BCUT2D eigenvalue weighted by atomic mass is 9.75. The first-order chi connectivity index (χ1) is 15.7. The van der Waals surface area contributed by atoms with E-state index in [0.29, 0.717) is 45.6 Å². The minimum absolute atomic E-state index is 0.0671. The average Bonchev–Trinajstić information content (AvgIpc) is 3.21. The second-order valence-electron chi connectivity index (χ2n) is 8.33. The highest BCUT2D eigenvalue weighted by Crippen LogP contribution is 2.43. The predicted molar refractivity (Wildman–Crippen MR) is 107 cm³/mol. The van der Waals surface area contributed by atoms with Gasteiger partial charge in [0.2, 0.25) is 0 Å². The van der Waals surface area contributed by atoms with Crippen LogP contribution in [0, 0.1) is 11.3 Å². The van der Waals surface area contributed by atoms with E-state index >= 15 is 0 Å². The van der Waals surface area contributed by atoms with E-state index < -0.39 is 35.6 Å². The van der Waals surface area contributed by atoms with E-state index in [2.05, 4.69) is 10.00 Å². The molecule has 1 amide bonds. The molecule has 0 aromatic carbocycles. The molecule has 9 nitrogen and oxygen atoms in total. The number of halogens is 5. The Morgan fingerprint density at radius 2 is 1.88 bits per heavy atom. The number of fused-ring (bicyclic) bond motifs is 1. The smallest absolute Gasteiger partial charge is 0.475 e. The number of amides is 1. The lowest BCUT2D eigenvalue weighted by Gasteiger charge is -2.31. The van der Waals surface area contributed by atoms with E-state index in [1.807, 2.05) is 7.05 Å². The highest BCUT2D eigenvalue weighted by molar-refractivity contribution is 5.95. The molecule has 0 bridgehead atoms. The van der Waals surface area contributed by atoms with Gasteiger partial charge in [0, 0.05) is 45.3 Å². The van der Waals surface area contributed by atoms with Crippen molar-refractivity contribution in [2.24, 2.45) is 18.4 Å². The van der Waals surface area contributed by atoms with Crippen LogP contribution in [-0.2, 0) is 21.4 Å². The molecular weight excluding hydrogens is 471 g/mol. The Kier molecular flexibility index (Phi) is 8.61. The van der Waals surface area contributed by atoms with Crippen LogP contribution >= 0.6 is 0 Å². The third-order valence-electron chi connectivity index (χ3n) is 5.86. The standard InChI is InChI=1S/C18H26F2N4O3.C2HF3O2/c1-4-27-17(26)18-6-5-7-24(9-12(18)8-22(2)11-18)16(25)13-10-23(3)21-14(13)15(19)20;3-2(4,5)1(6)7/h10,12,15H,4-9,11H2,1-3H3;(H,6,7)/t12-,18+;/m1./s1. The average molecular weight is 498 g/mol. The van der Waals surface area contributed by atoms with Gasteiger partial charge in [-0.25, -0.2) is 13.6 Å². The van der Waals surface area contributed by atoms with Gasteiger partial charge in [0.1, 0.15) is 5.69 Å². The van der Waals surface area contributed by atoms with Gasteiger partial charge in [-0.3, -0.25) is 14.3 Å². The number of carbonyl (C=O) groups excluding carboxylic acids is 2. The van der Waals surface area contributed by atoms with Gasteiger partial charge in [-0.2, -0.15) is 18.3 Å². The summed E-state index contributed by atoms with van der Waals surface area (Å²) in [6, 6.07) is 0. The molecule has 3 rings (SSSR count). The number of nitrogens with zero attached hydrogens (tertiary/aromatic N) is 4. The van der Waals surface area contributed by atoms with Crippen molar-refractivity contribution >= 4 is 17.8 Å². The van der Waals surface area contributed by atoms with E-state index in [4.69, 9.17) is 14.6 Å². The zero-order valence-electron chi connectivity index (χ0n) is 18.9. The van der Waals surface area contributed by atoms with Gasteiger partial charge >= 0.3 is 18.1 Å². The second-order valence-corrected chi connectivity index (χ2v) is 8.33. The maximum absolute atomic E-state index is 13.3. The van der Waals surface area contributed by atoms with Gasteiger partial charge in [-0.1, -0.05) is 0 Å². The monoisotopic (exact) mass is 498 g/mol. The molecule has 3 heterocycles. The molecule has 2 aliphatic rings. The number of carbonyl (C=O) groups is 3. The first-order valence-electron chi connectivity index (χ1n) is 10.5. The topological polar surface area (TPSA) is 105 Å². The summed E-state index contributed by atoms with van der Waals surface area (Å²) >= 11 is 0. The quantitative estimate of drug-likeness (QED) is 0.502. The van der Waals surface area contributed by atoms with Crippen LogP contribution < -0.4 is 0 Å². The molecule has 0 aliphatic carbocycles. The summed E-state index contributed by atoms with van der Waals surface area (Å²) in [6.45, 7) is 4.12. The van der Waals surface area contributed by atoms with Crippen LogP contribution in [-0.4, -0.2) is 88.5 Å². The van der Waals surface area contributed by atoms with Crippen molar-refractivity contribution in [2.45, 2.75) is 32.4 Å². The summed E-state index contributed by atoms with van der Waals surface area (Å²) in [5, 5.41) is 10.9. The highest BCUT2D eigenvalue weighted by Gasteiger charge is 2.53. The Bertz CT molecular complexity index is 906. The summed E-state index contributed by atoms with van der Waals surface area (Å²) in [5.74, 6) is -3.51. The van der Waals surface area contributed by atoms with Crippen LogP contribution in [0.25, 0.3) is 0 Å². The molecule has 1 aromatic heterocycles. The minimum Gasteiger partial charge on any atom is -0.475 e. The van der Waals surface area contributed by atoms with E-state index in [0.717, 1.165) is 0 Å². The molecule has 1 aromatic rings. The van der Waals surface area contributed by atoms with Crippen LogP contribution in [0.5, 0.6) is 0 Å². The molecule has 0 spiro atoms. The SMILES string of the molecule is CCOC(=O)[C@]12CCCN(C(=O)c3cn(C)nc3C(F)F)C[C@H]1CN(C)C2.O=C(O)C(F)(F)F. The number of esters is 1. The largest absolute Gasteiger partial charge is 0.490 e. The Morgan fingerprint density at radius 3 is 2.41 bits per heavy atom. The number of aliphatic carboxylic acids is 1. The Hall–Kier alpha value is -2.77. The summed E-state index contributed by atoms with van der Waals surface area (Å²) in [4.78, 5) is 38.3. The fourth-order valence-electron chi connectivity index (χ4n) is 4.48. The van der Waals surface area contributed by atoms with Crippen LogP contribution in [0.15, 0.2) is 6.20 Å². The van der Waals surface area contributed by atoms with Crippen molar-refractivity contribution in [2.75, 3.05) is 39.8 Å². The van der Waals surface area contributed by atoms with Gasteiger partial charge in [-0.15, -0.1) is 0 Å². The molecule has 192 valence electrons. The molecule has 14 heteroatoms. The van der Waals surface area contributed by atoms with Crippen LogP contribution in [0.4, 0.5) is 22.0 Å². The van der Waals surface area contributed by atoms with Crippen LogP contribution in [0.2, 0.25) is 0 Å². The molecule has 0 unspecified atom stereocenters. The predicted octanol–water partition coefficient (Wildman–Crippen LogP) is 2.34. The summed E-state index contributed by atoms with van der Waals surface area (Å²) < 4.78 is 64.8. The first-order valence-corrected chi connectivity index (χ1v) is 10.5. The number of hydrogen-bond donors (Lipinski definition) is 1. The maximum atomic E-state index is 13.3. The number of rotatable bonds is 4. The number of ether oxygens (including phenoxy) is 1. The van der Waals surface area contributed by atoms with Crippen molar-refractivity contribution in [3.05, 3.63) is 17.5 Å². The molecule has 0 radical (unpaired) electrons. The first kappa shape index (κ1) is 27.5. The number of likely N-dealkylation sites (tertiary alicyclic amines) is 2. The van der Waals surface area contributed by atoms with E-state index in [-0.39, 0.29) is 17.5 Å². The van der Waals surface area contributed by atoms with Gasteiger partial charge in [0.15, 0.2) is 0 Å². The number of aromatic nitrogens is 2. The summed E-state index contributed by atoms with van der Waals surface area (Å²) in [7, 11) is 3.46. The number of carboxylic acids is 1. The van der Waals surface area contributed by atoms with Gasteiger partial charge < -0.3 is 19.6 Å². The number of aryl methyl sites for hydroxylation is 1. The number of hydrogen-bond acceptors (Lipinski definition) is 6. The third kappa shape index (κ3) is 6.02. The number of alkyl halides is 5. The van der Waals surface area contributed by atoms with Gasteiger partial charge in [0.25, 0.3) is 12.3 Å². The normalized spacial score (nSPS) is 23.1. The van der Waals surface area contributed by atoms with E-state index in [9.17, 15) is 31.5 Å². The van der Waals surface area contributed by atoms with Crippen LogP contribution in [0.1, 0.15) is 42.2 Å². The molecule has 2 saturated heterocycles. The lowest BCUT2D eigenvalue weighted by Crippen LogP contribution is -2.43. The fourth-order valence-corrected chi connectivity index (χ4v) is 4.48. The van der Waals surface area contributed by atoms with E-state index in [1.165, 1.54) is 17.9 Å². The number of carboxylic acid groups (broad SMARTS) is 1. The zero-order valence-corrected chi connectivity index (χ0v) is 18.9. The summed E-state index contributed by atoms with van der Waals surface area (Å²) in [6.07, 6.45) is -5.31. The molecule has 0 saturated carbocycles. The van der Waals surface area contributed by atoms with Gasteiger partial charge in [-0.05, 0) is 26.8 Å². The maximum Gasteiger partial charge on any atom is 0.490 e.